The van der Waals surface area contributed by atoms with Crippen molar-refractivity contribution in [3.63, 3.8) is 0 Å². The van der Waals surface area contributed by atoms with Gasteiger partial charge in [0.15, 0.2) is 6.61 Å². The van der Waals surface area contributed by atoms with Crippen LogP contribution < -0.4 is 14.9 Å². The number of alkyl halides is 3. The van der Waals surface area contributed by atoms with Gasteiger partial charge in [-0.3, -0.25) is 4.79 Å². The molecule has 6 nitrogen and oxygen atoms in total. The molecule has 0 fully saturated rings. The fraction of sp³-hybridized carbons (Fsp3) is 0.273. The van der Waals surface area contributed by atoms with Crippen LogP contribution in [0.1, 0.15) is 19.6 Å². The van der Waals surface area contributed by atoms with E-state index in [1.165, 1.54) is 30.3 Å². The quantitative estimate of drug-likeness (QED) is 0.404. The van der Waals surface area contributed by atoms with Gasteiger partial charge in [0.25, 0.3) is 5.76 Å². The first-order valence-electron chi connectivity index (χ1n) is 9.45. The summed E-state index contributed by atoms with van der Waals surface area (Å²) < 4.78 is 61.3. The summed E-state index contributed by atoms with van der Waals surface area (Å²) >= 11 is 5.94. The van der Waals surface area contributed by atoms with E-state index in [0.717, 1.165) is 6.07 Å². The maximum atomic E-state index is 13.6. The Morgan fingerprint density at radius 3 is 2.53 bits per heavy atom. The smallest absolute Gasteiger partial charge is 0.453 e. The van der Waals surface area contributed by atoms with Crippen LogP contribution in [0.2, 0.25) is 5.02 Å². The largest absolute Gasteiger partial charge is 0.482 e. The second-order valence-corrected chi connectivity index (χ2v) is 7.55. The maximum Gasteiger partial charge on any atom is 0.453 e. The fourth-order valence-electron chi connectivity index (χ4n) is 2.61. The first-order valence-corrected chi connectivity index (χ1v) is 9.83. The van der Waals surface area contributed by atoms with Crippen molar-refractivity contribution in [2.75, 3.05) is 13.2 Å². The predicted octanol–water partition coefficient (Wildman–Crippen LogP) is 5.84. The van der Waals surface area contributed by atoms with Gasteiger partial charge in [0, 0.05) is 6.07 Å². The summed E-state index contributed by atoms with van der Waals surface area (Å²) in [5.41, 5.74) is -1.43. The lowest BCUT2D eigenvalue weighted by atomic mass is 10.2. The van der Waals surface area contributed by atoms with Gasteiger partial charge >= 0.3 is 12.1 Å². The number of esters is 1. The Labute approximate surface area is 185 Å². The van der Waals surface area contributed by atoms with Crippen LogP contribution in [0.15, 0.2) is 51.7 Å². The highest BCUT2D eigenvalue weighted by atomic mass is 35.5. The molecule has 0 spiro atoms. The number of hydrogen-bond donors (Lipinski definition) is 0. The summed E-state index contributed by atoms with van der Waals surface area (Å²) in [5.74, 6) is -3.27. The van der Waals surface area contributed by atoms with Gasteiger partial charge in [0.1, 0.15) is 17.1 Å². The zero-order valence-electron chi connectivity index (χ0n) is 17.0. The molecule has 0 amide bonds. The van der Waals surface area contributed by atoms with Crippen LogP contribution in [0.3, 0.4) is 0 Å². The van der Waals surface area contributed by atoms with Crippen LogP contribution in [0.4, 0.5) is 13.2 Å². The number of rotatable bonds is 7. The zero-order valence-corrected chi connectivity index (χ0v) is 17.8. The van der Waals surface area contributed by atoms with Crippen molar-refractivity contribution in [1.29, 1.82) is 0 Å². The predicted molar refractivity (Wildman–Crippen MR) is 110 cm³/mol. The molecule has 0 bridgehead atoms. The van der Waals surface area contributed by atoms with Crippen molar-refractivity contribution in [1.82, 2.24) is 0 Å². The first-order chi connectivity index (χ1) is 15.1. The molecular weight excluding hydrogens is 453 g/mol. The minimum absolute atomic E-state index is 0.0215. The molecule has 0 aliphatic carbocycles. The Balaban J connectivity index is 1.96. The average molecular weight is 471 g/mol. The molecule has 1 aromatic heterocycles. The van der Waals surface area contributed by atoms with Gasteiger partial charge in [-0.2, -0.15) is 13.2 Å². The molecule has 170 valence electrons. The van der Waals surface area contributed by atoms with Gasteiger partial charge in [-0.25, -0.2) is 4.79 Å². The topological polar surface area (TPSA) is 75.0 Å². The van der Waals surface area contributed by atoms with Crippen molar-refractivity contribution in [2.45, 2.75) is 20.0 Å². The van der Waals surface area contributed by atoms with Gasteiger partial charge in [-0.05, 0) is 30.2 Å². The molecule has 10 heteroatoms. The minimum atomic E-state index is -5.03. The van der Waals surface area contributed by atoms with Crippen molar-refractivity contribution in [3.05, 3.63) is 63.5 Å². The number of halogens is 4. The molecular formula is C22H18ClF3O6. The zero-order chi connectivity index (χ0) is 23.5. The highest BCUT2D eigenvalue weighted by molar-refractivity contribution is 6.32. The second kappa shape index (κ2) is 9.52. The van der Waals surface area contributed by atoms with E-state index in [1.54, 1.807) is 6.07 Å². The third-order valence-corrected chi connectivity index (χ3v) is 4.37. The Kier molecular flexibility index (Phi) is 6.98. The lowest BCUT2D eigenvalue weighted by Gasteiger charge is -2.14. The highest BCUT2D eigenvalue weighted by Crippen LogP contribution is 2.39. The van der Waals surface area contributed by atoms with E-state index < -0.39 is 35.7 Å². The summed E-state index contributed by atoms with van der Waals surface area (Å²) in [5, 5.41) is -0.150. The fourth-order valence-corrected chi connectivity index (χ4v) is 2.78. The lowest BCUT2D eigenvalue weighted by molar-refractivity contribution is -0.154. The van der Waals surface area contributed by atoms with Gasteiger partial charge in [0.2, 0.25) is 11.2 Å². The highest BCUT2D eigenvalue weighted by Gasteiger charge is 2.40. The summed E-state index contributed by atoms with van der Waals surface area (Å²) in [6, 6.07) is 9.40. The Hall–Kier alpha value is -3.20. The van der Waals surface area contributed by atoms with Crippen LogP contribution in [0, 0.1) is 5.92 Å². The second-order valence-electron chi connectivity index (χ2n) is 7.14. The Morgan fingerprint density at radius 1 is 1.16 bits per heavy atom. The van der Waals surface area contributed by atoms with E-state index in [4.69, 9.17) is 30.2 Å². The van der Waals surface area contributed by atoms with E-state index >= 15 is 0 Å². The molecule has 0 aliphatic rings. The third kappa shape index (κ3) is 5.53. The van der Waals surface area contributed by atoms with Crippen LogP contribution in [0.25, 0.3) is 11.0 Å². The van der Waals surface area contributed by atoms with Crippen molar-refractivity contribution in [2.24, 2.45) is 5.92 Å². The maximum absolute atomic E-state index is 13.6. The summed E-state index contributed by atoms with van der Waals surface area (Å²) in [6.07, 6.45) is -5.03. The molecule has 3 rings (SSSR count). The van der Waals surface area contributed by atoms with Gasteiger partial charge in [-0.15, -0.1) is 0 Å². The summed E-state index contributed by atoms with van der Waals surface area (Å²) in [4.78, 5) is 24.5. The Morgan fingerprint density at radius 2 is 1.88 bits per heavy atom. The van der Waals surface area contributed by atoms with E-state index in [-0.39, 0.29) is 40.0 Å². The van der Waals surface area contributed by atoms with E-state index in [1.807, 2.05) is 13.8 Å². The van der Waals surface area contributed by atoms with Crippen LogP contribution in [-0.4, -0.2) is 19.2 Å². The molecule has 32 heavy (non-hydrogen) atoms. The van der Waals surface area contributed by atoms with Gasteiger partial charge < -0.3 is 18.6 Å². The van der Waals surface area contributed by atoms with Crippen molar-refractivity contribution < 1.29 is 36.6 Å². The number of para-hydroxylation sites is 1. The van der Waals surface area contributed by atoms with Crippen LogP contribution in [-0.2, 0) is 15.7 Å². The Bertz CT molecular complexity index is 1190. The number of ether oxygens (including phenoxy) is 3. The number of hydrogen-bond acceptors (Lipinski definition) is 6. The van der Waals surface area contributed by atoms with Crippen LogP contribution in [0.5, 0.6) is 17.2 Å². The van der Waals surface area contributed by atoms with E-state index in [0.29, 0.717) is 0 Å². The standard InChI is InChI=1S/C22H18ClF3O6/c1-12(2)10-30-18(27)11-29-13-7-8-14-17(9-13)32-21(22(24,25)26)20(19(14)28)31-16-6-4-3-5-15(16)23/h3-9,12H,10-11H2,1-2H3. The monoisotopic (exact) mass is 470 g/mol. The number of carbonyl (C=O) groups excluding carboxylic acids is 1. The number of benzene rings is 2. The van der Waals surface area contributed by atoms with Crippen LogP contribution >= 0.6 is 11.6 Å². The minimum Gasteiger partial charge on any atom is -0.482 e. The van der Waals surface area contributed by atoms with E-state index in [9.17, 15) is 22.8 Å². The molecule has 0 saturated carbocycles. The van der Waals surface area contributed by atoms with Crippen molar-refractivity contribution in [3.8, 4) is 17.2 Å². The molecule has 1 heterocycles. The number of fused-ring (bicyclic) bond motifs is 1. The molecule has 0 saturated heterocycles. The molecule has 3 aromatic rings. The number of carbonyl (C=O) groups is 1. The molecule has 0 radical (unpaired) electrons. The average Bonchev–Trinajstić information content (AvgIpc) is 2.73. The van der Waals surface area contributed by atoms with Gasteiger partial charge in [-0.1, -0.05) is 37.6 Å². The first kappa shape index (κ1) is 23.5. The molecule has 0 aliphatic heterocycles. The third-order valence-electron chi connectivity index (χ3n) is 4.06. The molecule has 0 atom stereocenters. The molecule has 0 N–H and O–H groups in total. The molecule has 2 aromatic carbocycles. The molecule has 0 unspecified atom stereocenters. The normalized spacial score (nSPS) is 11.6. The van der Waals surface area contributed by atoms with Crippen molar-refractivity contribution >= 4 is 28.5 Å². The van der Waals surface area contributed by atoms with Gasteiger partial charge in [0.05, 0.1) is 17.0 Å². The summed E-state index contributed by atoms with van der Waals surface area (Å²) in [6.45, 7) is 3.48. The summed E-state index contributed by atoms with van der Waals surface area (Å²) in [7, 11) is 0. The SMILES string of the molecule is CC(C)COC(=O)COc1ccc2c(=O)c(Oc3ccccc3Cl)c(C(F)(F)F)oc2c1. The van der Waals surface area contributed by atoms with E-state index in [2.05, 4.69) is 0 Å². The lowest BCUT2D eigenvalue weighted by Crippen LogP contribution is -2.17.